The summed E-state index contributed by atoms with van der Waals surface area (Å²) in [7, 11) is 1.27. The fraction of sp³-hybridized carbons (Fsp3) is 0.200. The number of hydrogen-bond acceptors (Lipinski definition) is 4. The second kappa shape index (κ2) is 5.32. The number of aryl methyl sites for hydroxylation is 1. The summed E-state index contributed by atoms with van der Waals surface area (Å²) in [6.07, 6.45) is 0. The Balaban J connectivity index is 3.12. The monoisotopic (exact) mass is 238 g/mol. The van der Waals surface area contributed by atoms with Gasteiger partial charge < -0.3 is 10.1 Å². The molecule has 6 heteroatoms. The number of amides is 2. The maximum absolute atomic E-state index is 11.4. The van der Waals surface area contributed by atoms with Gasteiger partial charge in [-0.15, -0.1) is 4.36 Å². The third-order valence-corrected chi connectivity index (χ3v) is 2.07. The Morgan fingerprint density at radius 1 is 1.44 bits per heavy atom. The van der Waals surface area contributed by atoms with E-state index in [1.165, 1.54) is 7.11 Å². The molecule has 0 saturated heterocycles. The molecule has 84 valence electrons. The van der Waals surface area contributed by atoms with Crippen LogP contribution < -0.4 is 5.32 Å². The third kappa shape index (κ3) is 2.83. The first-order valence-electron chi connectivity index (χ1n) is 4.41. The molecule has 2 amide bonds. The number of hydrogen-bond donors (Lipinski definition) is 1. The molecule has 0 aliphatic rings. The van der Waals surface area contributed by atoms with Crippen molar-refractivity contribution in [3.05, 3.63) is 29.3 Å². The number of esters is 1. The van der Waals surface area contributed by atoms with Crippen molar-refractivity contribution in [3.63, 3.8) is 0 Å². The van der Waals surface area contributed by atoms with Crippen LogP contribution in [-0.2, 0) is 17.2 Å². The van der Waals surface area contributed by atoms with Crippen LogP contribution in [0.2, 0.25) is 0 Å². The minimum absolute atomic E-state index is 0.264. The summed E-state index contributed by atoms with van der Waals surface area (Å²) in [5.74, 6) is -0.528. The molecule has 0 radical (unpaired) electrons. The molecule has 0 spiro atoms. The van der Waals surface area contributed by atoms with Crippen LogP contribution in [0.15, 0.2) is 22.6 Å². The third-order valence-electron chi connectivity index (χ3n) is 1.90. The average molecular weight is 238 g/mol. The van der Waals surface area contributed by atoms with E-state index in [2.05, 4.69) is 26.8 Å². The first-order valence-corrected chi connectivity index (χ1v) is 4.78. The van der Waals surface area contributed by atoms with Gasteiger partial charge in [0.2, 0.25) is 0 Å². The zero-order valence-electron chi connectivity index (χ0n) is 8.81. The standard InChI is InChI=1S/C10H10N2O3S/c1-6-3-4-7(9(13)15-2)8(5-6)11-10(14)12-16/h3-5H,1-2H3,(H,11,14). The van der Waals surface area contributed by atoms with E-state index in [4.69, 9.17) is 0 Å². The normalized spacial score (nSPS) is 9.38. The highest BCUT2D eigenvalue weighted by atomic mass is 32.1. The first kappa shape index (κ1) is 12.3. The summed E-state index contributed by atoms with van der Waals surface area (Å²) in [5.41, 5.74) is 1.50. The SMILES string of the molecule is COC(=O)c1ccc(C)cc1NC(=O)N=S. The summed E-state index contributed by atoms with van der Waals surface area (Å²) >= 11 is 4.24. The van der Waals surface area contributed by atoms with Crippen LogP contribution in [0.4, 0.5) is 10.5 Å². The van der Waals surface area contributed by atoms with Gasteiger partial charge in [0, 0.05) is 12.4 Å². The molecular weight excluding hydrogens is 228 g/mol. The molecule has 0 heterocycles. The lowest BCUT2D eigenvalue weighted by atomic mass is 10.1. The van der Waals surface area contributed by atoms with Crippen molar-refractivity contribution >= 4 is 30.1 Å². The number of methoxy groups -OCH3 is 1. The summed E-state index contributed by atoms with van der Waals surface area (Å²) in [5, 5.41) is 2.41. The van der Waals surface area contributed by atoms with E-state index in [1.807, 2.05) is 6.92 Å². The number of anilines is 1. The molecule has 1 aromatic rings. The van der Waals surface area contributed by atoms with Crippen LogP contribution >= 0.6 is 0 Å². The Morgan fingerprint density at radius 2 is 2.12 bits per heavy atom. The van der Waals surface area contributed by atoms with Gasteiger partial charge in [0.05, 0.1) is 18.4 Å². The molecule has 16 heavy (non-hydrogen) atoms. The Bertz CT molecular complexity index is 446. The molecule has 0 bridgehead atoms. The lowest BCUT2D eigenvalue weighted by molar-refractivity contribution is 0.0602. The minimum Gasteiger partial charge on any atom is -0.465 e. The Hall–Kier alpha value is -1.82. The van der Waals surface area contributed by atoms with Crippen molar-refractivity contribution in [2.45, 2.75) is 6.92 Å². The fourth-order valence-corrected chi connectivity index (χ4v) is 1.23. The largest absolute Gasteiger partial charge is 0.465 e. The van der Waals surface area contributed by atoms with E-state index in [-0.39, 0.29) is 5.56 Å². The molecule has 0 aliphatic heterocycles. The van der Waals surface area contributed by atoms with Gasteiger partial charge in [0.25, 0.3) is 0 Å². The van der Waals surface area contributed by atoms with Crippen LogP contribution in [-0.4, -0.2) is 19.1 Å². The number of nitrogens with zero attached hydrogens (tertiary/aromatic N) is 1. The summed E-state index contributed by atoms with van der Waals surface area (Å²) in [6, 6.07) is 4.27. The number of rotatable bonds is 2. The molecule has 5 nitrogen and oxygen atoms in total. The summed E-state index contributed by atoms with van der Waals surface area (Å²) < 4.78 is 7.61. The maximum Gasteiger partial charge on any atom is 0.356 e. The lowest BCUT2D eigenvalue weighted by Crippen LogP contribution is -2.11. The molecule has 0 saturated carbocycles. The van der Waals surface area contributed by atoms with E-state index >= 15 is 0 Å². The molecule has 0 atom stereocenters. The highest BCUT2D eigenvalue weighted by molar-refractivity contribution is 7.47. The smallest absolute Gasteiger partial charge is 0.356 e. The Morgan fingerprint density at radius 3 is 2.69 bits per heavy atom. The molecule has 1 aromatic carbocycles. The quantitative estimate of drug-likeness (QED) is 0.800. The average Bonchev–Trinajstić information content (AvgIpc) is 2.28. The Labute approximate surface area is 98.0 Å². The molecule has 0 aliphatic carbocycles. The van der Waals surface area contributed by atoms with E-state index < -0.39 is 12.0 Å². The lowest BCUT2D eigenvalue weighted by Gasteiger charge is -2.08. The second-order valence-electron chi connectivity index (χ2n) is 3.06. The predicted molar refractivity (Wildman–Crippen MR) is 61.3 cm³/mol. The van der Waals surface area contributed by atoms with E-state index in [0.29, 0.717) is 5.69 Å². The van der Waals surface area contributed by atoms with Gasteiger partial charge in [-0.2, -0.15) is 0 Å². The van der Waals surface area contributed by atoms with Crippen LogP contribution in [0.5, 0.6) is 0 Å². The molecule has 0 unspecified atom stereocenters. The summed E-state index contributed by atoms with van der Waals surface area (Å²) in [4.78, 5) is 22.4. The van der Waals surface area contributed by atoms with Crippen LogP contribution in [0.1, 0.15) is 15.9 Å². The van der Waals surface area contributed by atoms with Crippen LogP contribution in [0.3, 0.4) is 0 Å². The number of benzene rings is 1. The Kier molecular flexibility index (Phi) is 4.07. The maximum atomic E-state index is 11.4. The van der Waals surface area contributed by atoms with Gasteiger partial charge in [-0.3, -0.25) is 0 Å². The zero-order valence-corrected chi connectivity index (χ0v) is 9.63. The van der Waals surface area contributed by atoms with Crippen molar-refractivity contribution in [3.8, 4) is 0 Å². The van der Waals surface area contributed by atoms with Crippen LogP contribution in [0.25, 0.3) is 0 Å². The number of urea groups is 1. The van der Waals surface area contributed by atoms with Crippen molar-refractivity contribution in [1.82, 2.24) is 0 Å². The van der Waals surface area contributed by atoms with E-state index in [0.717, 1.165) is 5.56 Å². The number of carbonyl (C=O) groups is 2. The van der Waals surface area contributed by atoms with Crippen LogP contribution in [0, 0.1) is 6.92 Å². The fourth-order valence-electron chi connectivity index (χ4n) is 1.19. The number of ether oxygens (including phenoxy) is 1. The van der Waals surface area contributed by atoms with Gasteiger partial charge in [0.1, 0.15) is 0 Å². The van der Waals surface area contributed by atoms with Gasteiger partial charge in [-0.25, -0.2) is 9.59 Å². The van der Waals surface area contributed by atoms with Crippen molar-refractivity contribution < 1.29 is 14.3 Å². The first-order chi connectivity index (χ1) is 7.58. The topological polar surface area (TPSA) is 67.8 Å². The molecule has 0 aromatic heterocycles. The van der Waals surface area contributed by atoms with Gasteiger partial charge in [-0.05, 0) is 24.6 Å². The zero-order chi connectivity index (χ0) is 12.1. The van der Waals surface area contributed by atoms with Gasteiger partial charge >= 0.3 is 12.0 Å². The molecular formula is C10H10N2O3S. The van der Waals surface area contributed by atoms with Gasteiger partial charge in [0.15, 0.2) is 0 Å². The van der Waals surface area contributed by atoms with E-state index in [9.17, 15) is 9.59 Å². The number of carbonyl (C=O) groups excluding carboxylic acids is 2. The number of nitrogens with one attached hydrogen (secondary N) is 1. The van der Waals surface area contributed by atoms with Gasteiger partial charge in [-0.1, -0.05) is 6.07 Å². The van der Waals surface area contributed by atoms with Crippen molar-refractivity contribution in [2.75, 3.05) is 12.4 Å². The van der Waals surface area contributed by atoms with Crippen molar-refractivity contribution in [1.29, 1.82) is 0 Å². The minimum atomic E-state index is -0.689. The highest BCUT2D eigenvalue weighted by Crippen LogP contribution is 2.18. The summed E-state index contributed by atoms with van der Waals surface area (Å²) in [6.45, 7) is 1.83. The second-order valence-corrected chi connectivity index (χ2v) is 3.24. The van der Waals surface area contributed by atoms with Crippen molar-refractivity contribution in [2.24, 2.45) is 4.36 Å². The highest BCUT2D eigenvalue weighted by Gasteiger charge is 2.13. The predicted octanol–water partition coefficient (Wildman–Crippen LogP) is 2.04. The van der Waals surface area contributed by atoms with E-state index in [1.54, 1.807) is 18.2 Å². The molecule has 1 rings (SSSR count). The molecule has 0 fully saturated rings. The molecule has 1 N–H and O–H groups in total.